The molecule has 0 saturated carbocycles. The van der Waals surface area contributed by atoms with Gasteiger partial charge in [-0.15, -0.1) is 0 Å². The summed E-state index contributed by atoms with van der Waals surface area (Å²) in [7, 11) is 0. The molecule has 160 valence electrons. The van der Waals surface area contributed by atoms with E-state index in [1.807, 2.05) is 19.1 Å². The second kappa shape index (κ2) is 8.43. The van der Waals surface area contributed by atoms with Gasteiger partial charge in [-0.05, 0) is 30.2 Å². The van der Waals surface area contributed by atoms with E-state index in [1.54, 1.807) is 36.5 Å². The van der Waals surface area contributed by atoms with Gasteiger partial charge in [-0.1, -0.05) is 42.5 Å². The lowest BCUT2D eigenvalue weighted by atomic mass is 9.92. The van der Waals surface area contributed by atoms with E-state index in [2.05, 4.69) is 4.98 Å². The average Bonchev–Trinajstić information content (AvgIpc) is 3.04. The van der Waals surface area contributed by atoms with Crippen molar-refractivity contribution in [3.63, 3.8) is 0 Å². The third kappa shape index (κ3) is 3.74. The lowest BCUT2D eigenvalue weighted by molar-refractivity contribution is -0.384. The lowest BCUT2D eigenvalue weighted by Crippen LogP contribution is -2.29. The quantitative estimate of drug-likeness (QED) is 0.216. The molecule has 1 atom stereocenters. The number of benzene rings is 2. The van der Waals surface area contributed by atoms with E-state index in [1.165, 1.54) is 29.2 Å². The average molecular weight is 429 g/mol. The Morgan fingerprint density at radius 2 is 1.84 bits per heavy atom. The molecule has 1 fully saturated rings. The summed E-state index contributed by atoms with van der Waals surface area (Å²) >= 11 is 0. The van der Waals surface area contributed by atoms with Gasteiger partial charge in [-0.3, -0.25) is 24.7 Å². The summed E-state index contributed by atoms with van der Waals surface area (Å²) < 4.78 is 0. The zero-order chi connectivity index (χ0) is 22.8. The molecular weight excluding hydrogens is 410 g/mol. The molecule has 0 radical (unpaired) electrons. The highest BCUT2D eigenvalue weighted by molar-refractivity contribution is 6.46. The highest BCUT2D eigenvalue weighted by Gasteiger charge is 2.46. The fraction of sp³-hybridized carbons (Fsp3) is 0.125. The monoisotopic (exact) mass is 429 g/mol. The van der Waals surface area contributed by atoms with Gasteiger partial charge in [0.15, 0.2) is 0 Å². The maximum atomic E-state index is 13.1. The second-order valence-electron chi connectivity index (χ2n) is 7.41. The fourth-order valence-corrected chi connectivity index (χ4v) is 3.85. The van der Waals surface area contributed by atoms with Crippen LogP contribution in [0.3, 0.4) is 0 Å². The number of likely N-dealkylation sites (tertiary alicyclic amines) is 1. The number of nitrogens with zero attached hydrogens (tertiary/aromatic N) is 3. The van der Waals surface area contributed by atoms with Crippen LogP contribution in [0.15, 0.2) is 78.5 Å². The molecule has 1 unspecified atom stereocenters. The Labute approximate surface area is 183 Å². The molecule has 8 heteroatoms. The molecule has 1 N–H and O–H groups in total. The van der Waals surface area contributed by atoms with Gasteiger partial charge >= 0.3 is 0 Å². The predicted octanol–water partition coefficient (Wildman–Crippen LogP) is 3.92. The summed E-state index contributed by atoms with van der Waals surface area (Å²) in [5, 5.41) is 22.2. The number of hydrogen-bond donors (Lipinski definition) is 1. The van der Waals surface area contributed by atoms with E-state index < -0.39 is 28.4 Å². The zero-order valence-electron chi connectivity index (χ0n) is 17.1. The first-order valence-electron chi connectivity index (χ1n) is 9.87. The van der Waals surface area contributed by atoms with Crippen molar-refractivity contribution in [3.8, 4) is 0 Å². The number of nitro groups is 1. The Hall–Kier alpha value is -4.33. The molecule has 1 amide bonds. The van der Waals surface area contributed by atoms with Crippen LogP contribution in [0.1, 0.15) is 28.4 Å². The fourth-order valence-electron chi connectivity index (χ4n) is 3.85. The smallest absolute Gasteiger partial charge is 0.296 e. The number of pyridine rings is 1. The molecule has 8 nitrogen and oxygen atoms in total. The molecule has 0 spiro atoms. The second-order valence-corrected chi connectivity index (χ2v) is 7.41. The minimum absolute atomic E-state index is 0.0656. The van der Waals surface area contributed by atoms with Crippen molar-refractivity contribution in [3.05, 3.63) is 111 Å². The van der Waals surface area contributed by atoms with Gasteiger partial charge in [0.25, 0.3) is 17.4 Å². The standard InChI is InChI=1S/C24H19N3O5/c1-15-7-2-3-11-19(15)21-20(22(28)16-8-6-10-18(13-16)27(31)32)23(29)24(30)26(21)14-17-9-4-5-12-25-17/h2-13,21,28H,14H2,1H3/b22-20+. The molecule has 1 saturated heterocycles. The number of aromatic nitrogens is 1. The van der Waals surface area contributed by atoms with Crippen molar-refractivity contribution in [1.82, 2.24) is 9.88 Å². The van der Waals surface area contributed by atoms with Crippen molar-refractivity contribution >= 4 is 23.1 Å². The topological polar surface area (TPSA) is 114 Å². The van der Waals surface area contributed by atoms with Gasteiger partial charge < -0.3 is 10.0 Å². The van der Waals surface area contributed by atoms with Crippen LogP contribution in [0.4, 0.5) is 5.69 Å². The SMILES string of the molecule is Cc1ccccc1C1/C(=C(\O)c2cccc([N+](=O)[O-])c2)C(=O)C(=O)N1Cc1ccccn1. The van der Waals surface area contributed by atoms with Gasteiger partial charge in [0.05, 0.1) is 28.8 Å². The van der Waals surface area contributed by atoms with Crippen molar-refractivity contribution in [2.45, 2.75) is 19.5 Å². The highest BCUT2D eigenvalue weighted by Crippen LogP contribution is 2.41. The number of Topliss-reactive ketones (excluding diaryl/α,β-unsaturated/α-hetero) is 1. The molecule has 4 rings (SSSR count). The normalized spacial score (nSPS) is 17.5. The number of rotatable bonds is 5. The molecule has 0 aliphatic carbocycles. The number of ketones is 1. The molecule has 1 aliphatic rings. The summed E-state index contributed by atoms with van der Waals surface area (Å²) in [6.45, 7) is 1.92. The number of carbonyl (C=O) groups is 2. The Morgan fingerprint density at radius 3 is 2.53 bits per heavy atom. The van der Waals surface area contributed by atoms with E-state index >= 15 is 0 Å². The summed E-state index contributed by atoms with van der Waals surface area (Å²) in [6.07, 6.45) is 1.60. The van der Waals surface area contributed by atoms with Crippen LogP contribution < -0.4 is 0 Å². The minimum Gasteiger partial charge on any atom is -0.507 e. The molecule has 2 aromatic carbocycles. The summed E-state index contributed by atoms with van der Waals surface area (Å²) in [5.74, 6) is -2.07. The van der Waals surface area contributed by atoms with Crippen LogP contribution >= 0.6 is 0 Å². The maximum Gasteiger partial charge on any atom is 0.296 e. The summed E-state index contributed by atoms with van der Waals surface area (Å²) in [6, 6.07) is 17.0. The largest absolute Gasteiger partial charge is 0.507 e. The van der Waals surface area contributed by atoms with E-state index in [4.69, 9.17) is 0 Å². The number of amides is 1. The molecular formula is C24H19N3O5. The summed E-state index contributed by atoms with van der Waals surface area (Å²) in [5.41, 5.74) is 1.84. The maximum absolute atomic E-state index is 13.1. The number of carbonyl (C=O) groups excluding carboxylic acids is 2. The first-order chi connectivity index (χ1) is 15.4. The van der Waals surface area contributed by atoms with Crippen LogP contribution in [0.2, 0.25) is 0 Å². The number of nitro benzene ring substituents is 1. The highest BCUT2D eigenvalue weighted by atomic mass is 16.6. The van der Waals surface area contributed by atoms with Crippen molar-refractivity contribution in [2.24, 2.45) is 0 Å². The van der Waals surface area contributed by atoms with Crippen LogP contribution in [-0.2, 0) is 16.1 Å². The van der Waals surface area contributed by atoms with E-state index in [0.717, 1.165) is 5.56 Å². The molecule has 1 aromatic heterocycles. The van der Waals surface area contributed by atoms with Crippen LogP contribution in [-0.4, -0.2) is 31.6 Å². The van der Waals surface area contributed by atoms with Gasteiger partial charge in [-0.25, -0.2) is 0 Å². The van der Waals surface area contributed by atoms with Crippen LogP contribution in [0, 0.1) is 17.0 Å². The third-order valence-electron chi connectivity index (χ3n) is 5.41. The van der Waals surface area contributed by atoms with Gasteiger partial charge in [0, 0.05) is 23.9 Å². The van der Waals surface area contributed by atoms with E-state index in [0.29, 0.717) is 11.3 Å². The number of aliphatic hydroxyl groups excluding tert-OH is 1. The molecule has 3 aromatic rings. The van der Waals surface area contributed by atoms with Gasteiger partial charge in [0.1, 0.15) is 5.76 Å². The van der Waals surface area contributed by atoms with E-state index in [-0.39, 0.29) is 23.4 Å². The molecule has 32 heavy (non-hydrogen) atoms. The Bertz CT molecular complexity index is 1250. The Kier molecular flexibility index (Phi) is 5.51. The number of aliphatic hydroxyl groups is 1. The summed E-state index contributed by atoms with van der Waals surface area (Å²) in [4.78, 5) is 42.3. The van der Waals surface area contributed by atoms with Crippen LogP contribution in [0.5, 0.6) is 0 Å². The van der Waals surface area contributed by atoms with Crippen molar-refractivity contribution in [2.75, 3.05) is 0 Å². The van der Waals surface area contributed by atoms with Gasteiger partial charge in [-0.2, -0.15) is 0 Å². The van der Waals surface area contributed by atoms with Crippen molar-refractivity contribution in [1.29, 1.82) is 0 Å². The predicted molar refractivity (Wildman–Crippen MR) is 116 cm³/mol. The lowest BCUT2D eigenvalue weighted by Gasteiger charge is -2.26. The number of non-ortho nitro benzene ring substituents is 1. The zero-order valence-corrected chi connectivity index (χ0v) is 17.1. The first-order valence-corrected chi connectivity index (χ1v) is 9.87. The van der Waals surface area contributed by atoms with Gasteiger partial charge in [0.2, 0.25) is 0 Å². The number of hydrogen-bond acceptors (Lipinski definition) is 6. The molecule has 2 heterocycles. The third-order valence-corrected chi connectivity index (χ3v) is 5.41. The first kappa shape index (κ1) is 20.9. The van der Waals surface area contributed by atoms with Crippen molar-refractivity contribution < 1.29 is 19.6 Å². The van der Waals surface area contributed by atoms with E-state index in [9.17, 15) is 24.8 Å². The Morgan fingerprint density at radius 1 is 1.09 bits per heavy atom. The van der Waals surface area contributed by atoms with Crippen LogP contribution in [0.25, 0.3) is 5.76 Å². The molecule has 0 bridgehead atoms. The number of aryl methyl sites for hydroxylation is 1. The minimum atomic E-state index is -0.863. The Balaban J connectivity index is 1.90. The molecule has 1 aliphatic heterocycles.